The summed E-state index contributed by atoms with van der Waals surface area (Å²) in [6.07, 6.45) is 1.87. The summed E-state index contributed by atoms with van der Waals surface area (Å²) >= 11 is 0. The number of hydrogen-bond donors (Lipinski definition) is 1. The number of carbonyl (C=O) groups is 1. The third kappa shape index (κ3) is 5.74. The fraction of sp³-hybridized carbons (Fsp3) is 0.476. The van der Waals surface area contributed by atoms with Gasteiger partial charge in [-0.15, -0.1) is 0 Å². The Balaban J connectivity index is 2.26. The molecule has 1 aromatic carbocycles. The van der Waals surface area contributed by atoms with Gasteiger partial charge in [0.05, 0.1) is 5.69 Å². The van der Waals surface area contributed by atoms with Crippen molar-refractivity contribution in [2.75, 3.05) is 0 Å². The van der Waals surface area contributed by atoms with Crippen LogP contribution in [0.2, 0.25) is 0 Å². The zero-order valence-corrected chi connectivity index (χ0v) is 16.6. The first kappa shape index (κ1) is 20.8. The first-order valence-electron chi connectivity index (χ1n) is 9.25. The van der Waals surface area contributed by atoms with Crippen molar-refractivity contribution in [3.8, 4) is 5.69 Å². The van der Waals surface area contributed by atoms with Crippen LogP contribution in [-0.4, -0.2) is 21.7 Å². The van der Waals surface area contributed by atoms with Gasteiger partial charge in [-0.2, -0.15) is 9.78 Å². The van der Waals surface area contributed by atoms with Gasteiger partial charge >= 0.3 is 0 Å². The predicted molar refractivity (Wildman–Crippen MR) is 105 cm³/mol. The number of hydrogen-bond acceptors (Lipinski definition) is 3. The molecule has 0 bridgehead atoms. The third-order valence-corrected chi connectivity index (χ3v) is 4.49. The Labute approximate surface area is 159 Å². The zero-order valence-electron chi connectivity index (χ0n) is 16.6. The maximum absolute atomic E-state index is 13.1. The lowest BCUT2D eigenvalue weighted by molar-refractivity contribution is 0.0887. The maximum atomic E-state index is 13.1. The molecular formula is C21H28FN3O2. The van der Waals surface area contributed by atoms with Crippen molar-refractivity contribution in [1.29, 1.82) is 0 Å². The van der Waals surface area contributed by atoms with Crippen molar-refractivity contribution in [3.05, 3.63) is 58.3 Å². The van der Waals surface area contributed by atoms with E-state index in [9.17, 15) is 14.0 Å². The number of amides is 1. The van der Waals surface area contributed by atoms with Crippen molar-refractivity contribution in [3.63, 3.8) is 0 Å². The number of benzene rings is 1. The topological polar surface area (TPSA) is 64.0 Å². The minimum atomic E-state index is -0.404. The van der Waals surface area contributed by atoms with E-state index in [0.717, 1.165) is 17.5 Å². The van der Waals surface area contributed by atoms with Crippen LogP contribution in [0.15, 0.2) is 41.2 Å². The molecule has 0 aliphatic carbocycles. The third-order valence-electron chi connectivity index (χ3n) is 4.49. The molecule has 0 radical (unpaired) electrons. The molecule has 2 aromatic rings. The molecule has 6 heteroatoms. The lowest BCUT2D eigenvalue weighted by atomic mass is 9.82. The predicted octanol–water partition coefficient (Wildman–Crippen LogP) is 3.95. The maximum Gasteiger partial charge on any atom is 0.271 e. The van der Waals surface area contributed by atoms with E-state index in [0.29, 0.717) is 11.6 Å². The number of rotatable bonds is 6. The Morgan fingerprint density at radius 3 is 2.30 bits per heavy atom. The minimum Gasteiger partial charge on any atom is -0.347 e. The van der Waals surface area contributed by atoms with Gasteiger partial charge in [0, 0.05) is 12.1 Å². The number of carbonyl (C=O) groups excluding carboxylic acids is 1. The van der Waals surface area contributed by atoms with Gasteiger partial charge in [-0.25, -0.2) is 4.39 Å². The van der Waals surface area contributed by atoms with Crippen LogP contribution in [0.3, 0.4) is 0 Å². The van der Waals surface area contributed by atoms with E-state index in [1.165, 1.54) is 36.4 Å². The fourth-order valence-electron chi connectivity index (χ4n) is 2.75. The highest BCUT2D eigenvalue weighted by molar-refractivity contribution is 5.92. The molecule has 0 spiro atoms. The molecule has 1 N–H and O–H groups in total. The van der Waals surface area contributed by atoms with Crippen LogP contribution >= 0.6 is 0 Å². The highest BCUT2D eigenvalue weighted by Crippen LogP contribution is 2.24. The summed E-state index contributed by atoms with van der Waals surface area (Å²) in [7, 11) is 0. The number of aromatic nitrogens is 2. The van der Waals surface area contributed by atoms with Gasteiger partial charge in [0.25, 0.3) is 11.5 Å². The Morgan fingerprint density at radius 1 is 1.11 bits per heavy atom. The van der Waals surface area contributed by atoms with E-state index in [1.54, 1.807) is 0 Å². The Kier molecular flexibility index (Phi) is 6.52. The van der Waals surface area contributed by atoms with Gasteiger partial charge in [-0.05, 0) is 54.5 Å². The van der Waals surface area contributed by atoms with Crippen LogP contribution in [0.4, 0.5) is 4.39 Å². The molecule has 0 saturated carbocycles. The van der Waals surface area contributed by atoms with Crippen LogP contribution < -0.4 is 10.9 Å². The summed E-state index contributed by atoms with van der Waals surface area (Å²) in [6.45, 7) is 10.6. The van der Waals surface area contributed by atoms with Crippen molar-refractivity contribution in [1.82, 2.24) is 15.1 Å². The smallest absolute Gasteiger partial charge is 0.271 e. The molecule has 146 valence electrons. The van der Waals surface area contributed by atoms with Crippen molar-refractivity contribution in [2.45, 2.75) is 53.5 Å². The van der Waals surface area contributed by atoms with Gasteiger partial charge in [-0.1, -0.05) is 34.6 Å². The second-order valence-electron chi connectivity index (χ2n) is 8.31. The van der Waals surface area contributed by atoms with Crippen LogP contribution in [0, 0.1) is 17.2 Å². The summed E-state index contributed by atoms with van der Waals surface area (Å²) in [5, 5.41) is 7.23. The van der Waals surface area contributed by atoms with Crippen LogP contribution in [-0.2, 0) is 0 Å². The average molecular weight is 373 g/mol. The lowest BCUT2D eigenvalue weighted by Crippen LogP contribution is -2.44. The van der Waals surface area contributed by atoms with Crippen molar-refractivity contribution >= 4 is 5.91 Å². The molecule has 1 atom stereocenters. The molecule has 0 fully saturated rings. The molecule has 0 aliphatic heterocycles. The van der Waals surface area contributed by atoms with E-state index >= 15 is 0 Å². The number of nitrogens with one attached hydrogen (secondary N) is 1. The van der Waals surface area contributed by atoms with Gasteiger partial charge in [0.1, 0.15) is 11.5 Å². The van der Waals surface area contributed by atoms with E-state index in [1.807, 2.05) is 0 Å². The van der Waals surface area contributed by atoms with Crippen molar-refractivity contribution in [2.24, 2.45) is 11.3 Å². The summed E-state index contributed by atoms with van der Waals surface area (Å²) in [4.78, 5) is 24.9. The van der Waals surface area contributed by atoms with Gasteiger partial charge in [0.15, 0.2) is 0 Å². The van der Waals surface area contributed by atoms with E-state index in [2.05, 4.69) is 45.0 Å². The van der Waals surface area contributed by atoms with Crippen LogP contribution in [0.1, 0.15) is 57.9 Å². The second-order valence-corrected chi connectivity index (χ2v) is 8.31. The molecule has 1 unspecified atom stereocenters. The van der Waals surface area contributed by atoms with E-state index < -0.39 is 5.82 Å². The standard InChI is InChI=1S/C21H28FN3O2/c1-14(2)6-12-18(21(3,4)5)23-20(27)17-11-13-19(26)25(24-17)16-9-7-15(22)8-10-16/h7-11,13-14,18H,6,12H2,1-5H3,(H,23,27). The van der Waals surface area contributed by atoms with E-state index in [4.69, 9.17) is 0 Å². The molecule has 2 rings (SSSR count). The minimum absolute atomic E-state index is 0.0135. The summed E-state index contributed by atoms with van der Waals surface area (Å²) in [6, 6.07) is 8.10. The zero-order chi connectivity index (χ0) is 20.2. The summed E-state index contributed by atoms with van der Waals surface area (Å²) < 4.78 is 14.2. The molecule has 1 aromatic heterocycles. The Bertz CT molecular complexity index is 836. The summed E-state index contributed by atoms with van der Waals surface area (Å²) in [5.74, 6) is -0.182. The SMILES string of the molecule is CC(C)CCC(NC(=O)c1ccc(=O)n(-c2ccc(F)cc2)n1)C(C)(C)C. The highest BCUT2D eigenvalue weighted by atomic mass is 19.1. The van der Waals surface area contributed by atoms with Gasteiger partial charge in [0.2, 0.25) is 0 Å². The molecule has 5 nitrogen and oxygen atoms in total. The monoisotopic (exact) mass is 373 g/mol. The first-order valence-corrected chi connectivity index (χ1v) is 9.25. The quantitative estimate of drug-likeness (QED) is 0.834. The highest BCUT2D eigenvalue weighted by Gasteiger charge is 2.27. The first-order chi connectivity index (χ1) is 12.6. The van der Waals surface area contributed by atoms with E-state index in [-0.39, 0.29) is 28.6 Å². The molecule has 1 amide bonds. The van der Waals surface area contributed by atoms with Crippen LogP contribution in [0.5, 0.6) is 0 Å². The average Bonchev–Trinajstić information content (AvgIpc) is 2.58. The largest absolute Gasteiger partial charge is 0.347 e. The van der Waals surface area contributed by atoms with Gasteiger partial charge in [-0.3, -0.25) is 9.59 Å². The molecule has 27 heavy (non-hydrogen) atoms. The molecule has 1 heterocycles. The lowest BCUT2D eigenvalue weighted by Gasteiger charge is -2.32. The Hall–Kier alpha value is -2.50. The molecule has 0 aliphatic rings. The molecule has 0 saturated heterocycles. The van der Waals surface area contributed by atoms with Gasteiger partial charge < -0.3 is 5.32 Å². The second kappa shape index (κ2) is 8.46. The summed E-state index contributed by atoms with van der Waals surface area (Å²) in [5.41, 5.74) is 0.0713. The molecular weight excluding hydrogens is 345 g/mol. The van der Waals surface area contributed by atoms with Crippen LogP contribution in [0.25, 0.3) is 5.69 Å². The Morgan fingerprint density at radius 2 is 1.74 bits per heavy atom. The normalized spacial score (nSPS) is 12.9. The fourth-order valence-corrected chi connectivity index (χ4v) is 2.75. The van der Waals surface area contributed by atoms with Crippen molar-refractivity contribution < 1.29 is 9.18 Å². The number of halogens is 1. The number of nitrogens with zero attached hydrogens (tertiary/aromatic N) is 2.